The highest BCUT2D eigenvalue weighted by Gasteiger charge is 2.44. The fourth-order valence-corrected chi connectivity index (χ4v) is 9.21. The van der Waals surface area contributed by atoms with Crippen LogP contribution in [0.5, 0.6) is 0 Å². The largest absolute Gasteiger partial charge is 0.348 e. The summed E-state index contributed by atoms with van der Waals surface area (Å²) in [5, 5.41) is 4.40. The number of rotatable bonds is 10. The van der Waals surface area contributed by atoms with Gasteiger partial charge in [-0.05, 0) is 69.5 Å². The highest BCUT2D eigenvalue weighted by molar-refractivity contribution is 7.95. The molecule has 0 N–H and O–H groups in total. The van der Waals surface area contributed by atoms with Crippen LogP contribution in [0.15, 0.2) is 103 Å². The number of hydrogen-bond acceptors (Lipinski definition) is 2. The van der Waals surface area contributed by atoms with Crippen molar-refractivity contribution in [3.8, 4) is 0 Å². The maximum absolute atomic E-state index is 5.75. The molecule has 0 saturated carbocycles. The summed E-state index contributed by atoms with van der Waals surface area (Å²) in [6, 6.07) is 33.5. The summed E-state index contributed by atoms with van der Waals surface area (Å²) in [6.45, 7) is 5.75. The molecule has 3 aromatic carbocycles. The van der Waals surface area contributed by atoms with Crippen molar-refractivity contribution in [2.75, 3.05) is 19.4 Å². The van der Waals surface area contributed by atoms with Crippen LogP contribution >= 0.6 is 7.26 Å². The molecule has 0 spiro atoms. The van der Waals surface area contributed by atoms with E-state index in [9.17, 15) is 0 Å². The molecule has 3 heteroatoms. The zero-order valence-corrected chi connectivity index (χ0v) is 20.8. The van der Waals surface area contributed by atoms with Crippen molar-refractivity contribution < 1.29 is 9.47 Å². The molecule has 3 aromatic rings. The first-order valence-electron chi connectivity index (χ1n) is 12.1. The van der Waals surface area contributed by atoms with Crippen LogP contribution in [0.3, 0.4) is 0 Å². The lowest BCUT2D eigenvalue weighted by molar-refractivity contribution is -0.145. The quantitative estimate of drug-likeness (QED) is 0.264. The monoisotopic (exact) mass is 459 g/mol. The first-order valence-corrected chi connectivity index (χ1v) is 14.1. The van der Waals surface area contributed by atoms with E-state index in [2.05, 4.69) is 111 Å². The second-order valence-electron chi connectivity index (χ2n) is 9.06. The third kappa shape index (κ3) is 5.82. The van der Waals surface area contributed by atoms with Crippen LogP contribution in [0.4, 0.5) is 0 Å². The van der Waals surface area contributed by atoms with Crippen molar-refractivity contribution in [3.05, 3.63) is 103 Å². The Hall–Kier alpha value is -2.25. The standard InChI is InChI=1S/C30H36O2P/c1-26(14-12-22-30(2)31-23-24-32-30)15-13-25-33(27-16-6-3-7-17-27,28-18-8-4-9-19-28)29-20-10-5-11-21-29/h3-11,14,16-21H,12-13,15,22-25H2,1-2H3/q+1/b26-14+. The summed E-state index contributed by atoms with van der Waals surface area (Å²) >= 11 is 0. The van der Waals surface area contributed by atoms with Crippen LogP contribution in [-0.4, -0.2) is 25.2 Å². The number of allylic oxidation sites excluding steroid dienone is 2. The van der Waals surface area contributed by atoms with Gasteiger partial charge in [-0.3, -0.25) is 0 Å². The molecule has 0 amide bonds. The molecule has 33 heavy (non-hydrogen) atoms. The Labute approximate surface area is 200 Å². The summed E-state index contributed by atoms with van der Waals surface area (Å²) < 4.78 is 11.5. The van der Waals surface area contributed by atoms with Crippen molar-refractivity contribution >= 4 is 23.2 Å². The van der Waals surface area contributed by atoms with Crippen molar-refractivity contribution in [2.45, 2.75) is 45.3 Å². The van der Waals surface area contributed by atoms with Gasteiger partial charge in [-0.15, -0.1) is 0 Å². The first-order chi connectivity index (χ1) is 16.1. The van der Waals surface area contributed by atoms with Gasteiger partial charge in [0.15, 0.2) is 5.79 Å². The molecule has 1 aliphatic heterocycles. The predicted molar refractivity (Wildman–Crippen MR) is 143 cm³/mol. The normalized spacial score (nSPS) is 16.1. The van der Waals surface area contributed by atoms with E-state index in [4.69, 9.17) is 9.47 Å². The molecule has 172 valence electrons. The van der Waals surface area contributed by atoms with Crippen LogP contribution in [0.25, 0.3) is 0 Å². The summed E-state index contributed by atoms with van der Waals surface area (Å²) in [5.41, 5.74) is 1.46. The summed E-state index contributed by atoms with van der Waals surface area (Å²) in [4.78, 5) is 0. The van der Waals surface area contributed by atoms with Gasteiger partial charge in [0.05, 0.1) is 19.4 Å². The minimum Gasteiger partial charge on any atom is -0.348 e. The number of ether oxygens (including phenoxy) is 2. The molecule has 0 unspecified atom stereocenters. The second kappa shape index (κ2) is 11.3. The van der Waals surface area contributed by atoms with Gasteiger partial charge in [-0.25, -0.2) is 0 Å². The second-order valence-corrected chi connectivity index (χ2v) is 12.7. The third-order valence-corrected chi connectivity index (χ3v) is 11.2. The van der Waals surface area contributed by atoms with E-state index >= 15 is 0 Å². The molecule has 4 rings (SSSR count). The molecule has 1 fully saturated rings. The Morgan fingerprint density at radius 2 is 1.24 bits per heavy atom. The number of benzene rings is 3. The smallest absolute Gasteiger partial charge is 0.166 e. The van der Waals surface area contributed by atoms with Gasteiger partial charge in [-0.1, -0.05) is 66.2 Å². The molecule has 0 radical (unpaired) electrons. The van der Waals surface area contributed by atoms with E-state index in [1.165, 1.54) is 34.1 Å². The van der Waals surface area contributed by atoms with Gasteiger partial charge >= 0.3 is 0 Å². The molecule has 0 bridgehead atoms. The lowest BCUT2D eigenvalue weighted by Gasteiger charge is -2.27. The SMILES string of the molecule is C/C(=C\CCC1(C)OCCO1)CCC[P+](c1ccccc1)(c1ccccc1)c1ccccc1. The maximum atomic E-state index is 5.75. The van der Waals surface area contributed by atoms with Gasteiger partial charge in [-0.2, -0.15) is 0 Å². The molecule has 1 saturated heterocycles. The lowest BCUT2D eigenvalue weighted by Crippen LogP contribution is -2.33. The molecule has 0 aromatic heterocycles. The first kappa shape index (κ1) is 23.9. The molecular weight excluding hydrogens is 423 g/mol. The molecule has 1 aliphatic rings. The van der Waals surface area contributed by atoms with Crippen molar-refractivity contribution in [1.82, 2.24) is 0 Å². The summed E-state index contributed by atoms with van der Waals surface area (Å²) in [5.74, 6) is -0.397. The van der Waals surface area contributed by atoms with E-state index in [1.807, 2.05) is 0 Å². The Balaban J connectivity index is 1.55. The number of hydrogen-bond donors (Lipinski definition) is 0. The Morgan fingerprint density at radius 1 is 0.788 bits per heavy atom. The molecule has 0 atom stereocenters. The zero-order valence-electron chi connectivity index (χ0n) is 20.0. The van der Waals surface area contributed by atoms with Crippen LogP contribution < -0.4 is 15.9 Å². The Kier molecular flexibility index (Phi) is 8.15. The minimum absolute atomic E-state index is 0.397. The molecule has 1 heterocycles. The lowest BCUT2D eigenvalue weighted by atomic mass is 10.1. The van der Waals surface area contributed by atoms with E-state index in [0.29, 0.717) is 13.2 Å². The Bertz CT molecular complexity index is 912. The highest BCUT2D eigenvalue weighted by Crippen LogP contribution is 2.56. The van der Waals surface area contributed by atoms with Gasteiger partial charge in [0.2, 0.25) is 0 Å². The minimum atomic E-state index is -1.73. The van der Waals surface area contributed by atoms with Gasteiger partial charge in [0.25, 0.3) is 0 Å². The molecular formula is C30H36O2P+. The molecule has 2 nitrogen and oxygen atoms in total. The van der Waals surface area contributed by atoms with Crippen molar-refractivity contribution in [2.24, 2.45) is 0 Å². The van der Waals surface area contributed by atoms with Crippen LogP contribution in [0.1, 0.15) is 39.5 Å². The van der Waals surface area contributed by atoms with Gasteiger partial charge < -0.3 is 9.47 Å². The van der Waals surface area contributed by atoms with E-state index in [0.717, 1.165) is 19.3 Å². The fraction of sp³-hybridized carbons (Fsp3) is 0.333. The summed E-state index contributed by atoms with van der Waals surface area (Å²) in [7, 11) is -1.73. The van der Waals surface area contributed by atoms with Crippen LogP contribution in [0, 0.1) is 0 Å². The van der Waals surface area contributed by atoms with Gasteiger partial charge in [0, 0.05) is 6.42 Å². The summed E-state index contributed by atoms with van der Waals surface area (Å²) in [6.07, 6.45) is 7.74. The highest BCUT2D eigenvalue weighted by atomic mass is 31.2. The van der Waals surface area contributed by atoms with Crippen molar-refractivity contribution in [1.29, 1.82) is 0 Å². The predicted octanol–water partition coefficient (Wildman–Crippen LogP) is 6.25. The Morgan fingerprint density at radius 3 is 1.70 bits per heavy atom. The van der Waals surface area contributed by atoms with Crippen LogP contribution in [0.2, 0.25) is 0 Å². The third-order valence-electron chi connectivity index (χ3n) is 6.64. The van der Waals surface area contributed by atoms with E-state index in [-0.39, 0.29) is 0 Å². The van der Waals surface area contributed by atoms with E-state index in [1.54, 1.807) is 0 Å². The average Bonchev–Trinajstić information content (AvgIpc) is 3.30. The fourth-order valence-electron chi connectivity index (χ4n) is 4.86. The van der Waals surface area contributed by atoms with Crippen LogP contribution in [-0.2, 0) is 9.47 Å². The average molecular weight is 460 g/mol. The van der Waals surface area contributed by atoms with Gasteiger partial charge in [0.1, 0.15) is 23.2 Å². The molecule has 0 aliphatic carbocycles. The maximum Gasteiger partial charge on any atom is 0.166 e. The zero-order chi connectivity index (χ0) is 23.0. The van der Waals surface area contributed by atoms with Crippen molar-refractivity contribution in [3.63, 3.8) is 0 Å². The topological polar surface area (TPSA) is 18.5 Å². The van der Waals surface area contributed by atoms with E-state index < -0.39 is 13.0 Å².